The molecule has 1 heterocycles. The van der Waals surface area contributed by atoms with Crippen LogP contribution in [0.3, 0.4) is 0 Å². The van der Waals surface area contributed by atoms with Crippen LogP contribution in [-0.2, 0) is 21.4 Å². The number of carboxylic acid groups (broad SMARTS) is 1. The summed E-state index contributed by atoms with van der Waals surface area (Å²) in [6, 6.07) is 16.7. The molecule has 0 saturated heterocycles. The molecule has 2 atom stereocenters. The maximum Gasteiger partial charge on any atom is 0.315 e. The van der Waals surface area contributed by atoms with Crippen LogP contribution in [0.25, 0.3) is 0 Å². The summed E-state index contributed by atoms with van der Waals surface area (Å²) in [5.74, 6) is -0.607. The van der Waals surface area contributed by atoms with E-state index in [0.717, 1.165) is 11.3 Å². The average Bonchev–Trinajstić information content (AvgIpc) is 2.69. The zero-order chi connectivity index (χ0) is 18.6. The van der Waals surface area contributed by atoms with Crippen molar-refractivity contribution in [1.82, 2.24) is 5.32 Å². The molecule has 1 amide bonds. The topological polar surface area (TPSA) is 75.6 Å². The van der Waals surface area contributed by atoms with Gasteiger partial charge in [-0.25, -0.2) is 0 Å². The minimum absolute atomic E-state index is 0.0554. The number of para-hydroxylation sites is 1. The Bertz CT molecular complexity index is 790. The highest BCUT2D eigenvalue weighted by Crippen LogP contribution is 2.29. The Hall–Kier alpha value is -2.82. The lowest BCUT2D eigenvalue weighted by Gasteiger charge is -2.30. The van der Waals surface area contributed by atoms with Crippen LogP contribution in [0.15, 0.2) is 54.6 Å². The molecule has 1 aliphatic heterocycles. The lowest BCUT2D eigenvalue weighted by Crippen LogP contribution is -2.48. The number of benzene rings is 2. The van der Waals surface area contributed by atoms with Crippen LogP contribution < -0.4 is 10.1 Å². The van der Waals surface area contributed by atoms with Gasteiger partial charge >= 0.3 is 5.97 Å². The van der Waals surface area contributed by atoms with Crippen molar-refractivity contribution in [3.8, 4) is 5.75 Å². The third kappa shape index (κ3) is 3.43. The van der Waals surface area contributed by atoms with Crippen molar-refractivity contribution < 1.29 is 19.4 Å². The number of nitrogens with one attached hydrogen (secondary N) is 1. The van der Waals surface area contributed by atoms with Gasteiger partial charge in [-0.3, -0.25) is 9.59 Å². The summed E-state index contributed by atoms with van der Waals surface area (Å²) >= 11 is 0. The van der Waals surface area contributed by atoms with Crippen molar-refractivity contribution in [2.45, 2.75) is 25.2 Å². The summed E-state index contributed by atoms with van der Waals surface area (Å²) in [6.07, 6.45) is 0.982. The van der Waals surface area contributed by atoms with Gasteiger partial charge in [-0.2, -0.15) is 0 Å². The first-order valence-corrected chi connectivity index (χ1v) is 8.84. The number of hydrogen-bond acceptors (Lipinski definition) is 3. The van der Waals surface area contributed by atoms with E-state index in [0.29, 0.717) is 25.0 Å². The minimum Gasteiger partial charge on any atom is -0.492 e. The summed E-state index contributed by atoms with van der Waals surface area (Å²) in [4.78, 5) is 24.7. The van der Waals surface area contributed by atoms with Crippen LogP contribution in [0.4, 0.5) is 0 Å². The number of carboxylic acids is 1. The zero-order valence-electron chi connectivity index (χ0n) is 14.8. The summed E-state index contributed by atoms with van der Waals surface area (Å²) in [5, 5.41) is 12.7. The molecule has 5 heteroatoms. The molecule has 2 aromatic carbocycles. The maximum absolute atomic E-state index is 12.6. The number of hydrogen-bond donors (Lipinski definition) is 2. The van der Waals surface area contributed by atoms with E-state index in [-0.39, 0.29) is 18.4 Å². The summed E-state index contributed by atoms with van der Waals surface area (Å²) in [7, 11) is 0. The second kappa shape index (κ2) is 7.60. The molecule has 2 aromatic rings. The smallest absolute Gasteiger partial charge is 0.315 e. The van der Waals surface area contributed by atoms with Gasteiger partial charge in [0.1, 0.15) is 17.8 Å². The molecule has 0 saturated carbocycles. The first-order valence-electron chi connectivity index (χ1n) is 8.84. The highest BCUT2D eigenvalue weighted by molar-refractivity contribution is 5.84. The fourth-order valence-corrected chi connectivity index (χ4v) is 3.42. The number of rotatable bonds is 6. The molecule has 5 nitrogen and oxygen atoms in total. The van der Waals surface area contributed by atoms with Gasteiger partial charge < -0.3 is 15.2 Å². The summed E-state index contributed by atoms with van der Waals surface area (Å²) < 4.78 is 5.67. The van der Waals surface area contributed by atoms with Crippen LogP contribution in [0.1, 0.15) is 24.5 Å². The molecule has 26 heavy (non-hydrogen) atoms. The van der Waals surface area contributed by atoms with E-state index in [1.807, 2.05) is 49.4 Å². The van der Waals surface area contributed by atoms with Gasteiger partial charge in [0.05, 0.1) is 5.92 Å². The second-order valence-electron chi connectivity index (χ2n) is 6.64. The van der Waals surface area contributed by atoms with Crippen LogP contribution in [0.5, 0.6) is 5.75 Å². The largest absolute Gasteiger partial charge is 0.492 e. The minimum atomic E-state index is -1.13. The number of ether oxygens (including phenoxy) is 1. The fourth-order valence-electron chi connectivity index (χ4n) is 3.42. The van der Waals surface area contributed by atoms with E-state index in [2.05, 4.69) is 5.32 Å². The van der Waals surface area contributed by atoms with Gasteiger partial charge in [0, 0.05) is 6.54 Å². The normalized spacial score (nSPS) is 18.1. The summed E-state index contributed by atoms with van der Waals surface area (Å²) in [5.41, 5.74) is 0.562. The van der Waals surface area contributed by atoms with E-state index < -0.39 is 11.4 Å². The van der Waals surface area contributed by atoms with Crippen molar-refractivity contribution in [1.29, 1.82) is 0 Å². The first-order chi connectivity index (χ1) is 12.6. The molecule has 0 aromatic heterocycles. The lowest BCUT2D eigenvalue weighted by molar-refractivity contribution is -0.144. The van der Waals surface area contributed by atoms with Gasteiger partial charge in [0.2, 0.25) is 5.91 Å². The predicted molar refractivity (Wildman–Crippen MR) is 98.2 cm³/mol. The molecule has 2 N–H and O–H groups in total. The Morgan fingerprint density at radius 2 is 1.85 bits per heavy atom. The molecule has 0 fully saturated rings. The fraction of sp³-hybridized carbons (Fsp3) is 0.333. The van der Waals surface area contributed by atoms with Crippen molar-refractivity contribution in [3.05, 3.63) is 65.7 Å². The van der Waals surface area contributed by atoms with Crippen molar-refractivity contribution in [2.24, 2.45) is 5.92 Å². The second-order valence-corrected chi connectivity index (χ2v) is 6.64. The van der Waals surface area contributed by atoms with Gasteiger partial charge in [-0.05, 0) is 30.0 Å². The van der Waals surface area contributed by atoms with Gasteiger partial charge in [0.25, 0.3) is 0 Å². The Morgan fingerprint density at radius 1 is 1.15 bits per heavy atom. The third-order valence-corrected chi connectivity index (χ3v) is 5.15. The molecule has 2 unspecified atom stereocenters. The number of fused-ring (bicyclic) bond motifs is 1. The maximum atomic E-state index is 12.6. The molecule has 1 aliphatic rings. The molecule has 0 aliphatic carbocycles. The monoisotopic (exact) mass is 353 g/mol. The standard InChI is InChI=1S/C21H23NO4/c1-2-21(20(24)25,17-9-4-3-5-10-17)14-22-19(23)16-12-15-8-6-7-11-18(15)26-13-16/h3-11,16H,2,12-14H2,1H3,(H,22,23)(H,24,25). The van der Waals surface area contributed by atoms with E-state index >= 15 is 0 Å². The predicted octanol–water partition coefficient (Wildman–Crippen LogP) is 2.79. The molecule has 0 radical (unpaired) electrons. The quantitative estimate of drug-likeness (QED) is 0.837. The lowest BCUT2D eigenvalue weighted by atomic mass is 9.78. The van der Waals surface area contributed by atoms with Crippen LogP contribution in [0.2, 0.25) is 0 Å². The molecule has 0 bridgehead atoms. The Morgan fingerprint density at radius 3 is 2.54 bits per heavy atom. The van der Waals surface area contributed by atoms with Gasteiger partial charge in [0.15, 0.2) is 0 Å². The SMILES string of the molecule is CCC(CNC(=O)C1COc2ccccc2C1)(C(=O)O)c1ccccc1. The molecule has 0 spiro atoms. The van der Waals surface area contributed by atoms with E-state index in [1.54, 1.807) is 12.1 Å². The van der Waals surface area contributed by atoms with Crippen molar-refractivity contribution in [2.75, 3.05) is 13.2 Å². The molecule has 136 valence electrons. The van der Waals surface area contributed by atoms with Crippen molar-refractivity contribution >= 4 is 11.9 Å². The van der Waals surface area contributed by atoms with Crippen LogP contribution in [0, 0.1) is 5.92 Å². The van der Waals surface area contributed by atoms with E-state index in [9.17, 15) is 14.7 Å². The third-order valence-electron chi connectivity index (χ3n) is 5.15. The highest BCUT2D eigenvalue weighted by atomic mass is 16.5. The number of aliphatic carboxylic acids is 1. The molecular formula is C21H23NO4. The van der Waals surface area contributed by atoms with Crippen molar-refractivity contribution in [3.63, 3.8) is 0 Å². The van der Waals surface area contributed by atoms with Gasteiger partial charge in [-0.15, -0.1) is 0 Å². The number of carbonyl (C=O) groups is 2. The van der Waals surface area contributed by atoms with E-state index in [1.165, 1.54) is 0 Å². The van der Waals surface area contributed by atoms with Crippen LogP contribution >= 0.6 is 0 Å². The van der Waals surface area contributed by atoms with Gasteiger partial charge in [-0.1, -0.05) is 55.5 Å². The van der Waals surface area contributed by atoms with Crippen LogP contribution in [-0.4, -0.2) is 30.1 Å². The molecular weight excluding hydrogens is 330 g/mol. The molecule has 3 rings (SSSR count). The zero-order valence-corrected chi connectivity index (χ0v) is 14.8. The average molecular weight is 353 g/mol. The van der Waals surface area contributed by atoms with E-state index in [4.69, 9.17) is 4.74 Å². The number of carbonyl (C=O) groups excluding carboxylic acids is 1. The Kier molecular flexibility index (Phi) is 5.26. The Balaban J connectivity index is 1.72. The first kappa shape index (κ1) is 18.0. The number of amides is 1. The Labute approximate surface area is 153 Å². The highest BCUT2D eigenvalue weighted by Gasteiger charge is 2.39. The summed E-state index contributed by atoms with van der Waals surface area (Å²) in [6.45, 7) is 2.19.